The molecular formula is C7H15NaO21. The van der Waals surface area contributed by atoms with Crippen LogP contribution in [0.2, 0.25) is 0 Å². The van der Waals surface area contributed by atoms with Gasteiger partial charge in [0.2, 0.25) is 0 Å². The number of carboxylic acid groups (broad SMARTS) is 14. The molecule has 0 atom stereocenters. The molecule has 0 aromatic heterocycles. The average molecular weight is 458 g/mol. The van der Waals surface area contributed by atoms with Crippen molar-refractivity contribution in [2.75, 3.05) is 0 Å². The Kier molecular flexibility index (Phi) is 75.3. The molecule has 0 aliphatic heterocycles. The minimum atomic E-state index is -1.83. The van der Waals surface area contributed by atoms with Gasteiger partial charge in [-0.3, -0.25) is 0 Å². The van der Waals surface area contributed by atoms with Crippen LogP contribution < -0.4 is 29.6 Å². The maximum absolute atomic E-state index is 8.56. The second kappa shape index (κ2) is 43.9. The third-order valence-corrected chi connectivity index (χ3v) is 0. The summed E-state index contributed by atoms with van der Waals surface area (Å²) in [5.74, 6) is 0. The summed E-state index contributed by atoms with van der Waals surface area (Å²) >= 11 is 0. The van der Waals surface area contributed by atoms with Crippen LogP contribution in [0.3, 0.4) is 0 Å². The third kappa shape index (κ3) is 678. The third-order valence-electron chi connectivity index (χ3n) is 0. The molecule has 0 spiro atoms. The van der Waals surface area contributed by atoms with E-state index in [1.54, 1.807) is 0 Å². The molecule has 0 bridgehead atoms. The van der Waals surface area contributed by atoms with Crippen LogP contribution >= 0.6 is 0 Å². The van der Waals surface area contributed by atoms with Crippen LogP contribution in [0.5, 0.6) is 0 Å². The predicted octanol–water partition coefficient (Wildman–Crippen LogP) is -1.33. The van der Waals surface area contributed by atoms with Crippen LogP contribution in [-0.4, -0.2) is 115 Å². The van der Waals surface area contributed by atoms with Gasteiger partial charge in [-0.1, -0.05) is 0 Å². The Bertz CT molecular complexity index is 314. The van der Waals surface area contributed by atoms with E-state index in [0.717, 1.165) is 0 Å². The fourth-order valence-corrected chi connectivity index (χ4v) is 0. The molecule has 21 nitrogen and oxygen atoms in total. The van der Waals surface area contributed by atoms with Gasteiger partial charge in [-0.05, 0) is 0 Å². The molecular weight excluding hydrogens is 443 g/mol. The molecule has 0 aromatic carbocycles. The zero-order chi connectivity index (χ0) is 25.0. The van der Waals surface area contributed by atoms with Crippen molar-refractivity contribution in [1.29, 1.82) is 0 Å². The van der Waals surface area contributed by atoms with Gasteiger partial charge < -0.3 is 72.9 Å². The number of carbonyl (C=O) groups is 7. The van der Waals surface area contributed by atoms with Crippen molar-refractivity contribution in [3.8, 4) is 0 Å². The maximum Gasteiger partial charge on any atom is 1.00 e. The van der Waals surface area contributed by atoms with Crippen molar-refractivity contribution in [3.05, 3.63) is 0 Å². The van der Waals surface area contributed by atoms with Gasteiger partial charge >= 0.3 is 72.6 Å². The average Bonchev–Trinajstić information content (AvgIpc) is 2.20. The molecule has 0 amide bonds. The van der Waals surface area contributed by atoms with Crippen molar-refractivity contribution >= 4 is 43.1 Å². The maximum atomic E-state index is 8.56. The van der Waals surface area contributed by atoms with E-state index in [4.69, 9.17) is 105 Å². The van der Waals surface area contributed by atoms with E-state index in [2.05, 4.69) is 0 Å². The first-order valence-electron chi connectivity index (χ1n) is 4.56. The van der Waals surface area contributed by atoms with E-state index < -0.39 is 43.1 Å². The second-order valence-corrected chi connectivity index (χ2v) is 1.98. The van der Waals surface area contributed by atoms with Gasteiger partial charge in [-0.25, -0.2) is 33.6 Å². The van der Waals surface area contributed by atoms with Gasteiger partial charge in [0.25, 0.3) is 0 Å². The van der Waals surface area contributed by atoms with Crippen molar-refractivity contribution in [1.82, 2.24) is 0 Å². The first kappa shape index (κ1) is 49.8. The van der Waals surface area contributed by atoms with E-state index >= 15 is 0 Å². The molecule has 0 aliphatic carbocycles. The molecule has 14 N–H and O–H groups in total. The molecule has 0 saturated carbocycles. The quantitative estimate of drug-likeness (QED) is 0.187. The molecule has 0 aliphatic rings. The van der Waals surface area contributed by atoms with Gasteiger partial charge in [-0.2, -0.15) is 0 Å². The van der Waals surface area contributed by atoms with E-state index in [1.807, 2.05) is 0 Å². The van der Waals surface area contributed by atoms with E-state index in [-0.39, 0.29) is 31.0 Å². The van der Waals surface area contributed by atoms with E-state index in [0.29, 0.717) is 0 Å². The summed E-state index contributed by atoms with van der Waals surface area (Å²) in [7, 11) is 0. The molecule has 0 rings (SSSR count). The van der Waals surface area contributed by atoms with Crippen LogP contribution in [0, 0.1) is 0 Å². The molecule has 0 heterocycles. The van der Waals surface area contributed by atoms with Crippen LogP contribution in [0.4, 0.5) is 33.6 Å². The summed E-state index contributed by atoms with van der Waals surface area (Å²) in [5, 5.41) is 97.6. The Labute approximate surface area is 179 Å². The fraction of sp³-hybridized carbons (Fsp3) is 0. The van der Waals surface area contributed by atoms with Gasteiger partial charge in [0.05, 0.1) is 0 Å². The predicted molar refractivity (Wildman–Crippen MR) is 75.7 cm³/mol. The number of rotatable bonds is 0. The van der Waals surface area contributed by atoms with Gasteiger partial charge in [0.1, 0.15) is 0 Å². The Balaban J connectivity index is -0.0000000242. The SMILES string of the molecule is O=C(O)O.O=C(O)O.O=C(O)O.O=C(O)O.O=C(O)O.O=C(O)O.O=C(O)O.[H-].[Na+]. The normalized spacial score (nSPS) is 5.79. The molecule has 0 radical (unpaired) electrons. The molecule has 0 aromatic rings. The van der Waals surface area contributed by atoms with Crippen molar-refractivity contribution in [2.24, 2.45) is 0 Å². The minimum Gasteiger partial charge on any atom is -1.00 e. The van der Waals surface area contributed by atoms with Gasteiger partial charge in [-0.15, -0.1) is 0 Å². The Hall–Kier alpha value is -4.11. The van der Waals surface area contributed by atoms with E-state index in [1.165, 1.54) is 0 Å². The minimum absolute atomic E-state index is 0. The number of hydrogen-bond acceptors (Lipinski definition) is 7. The standard InChI is InChI=1S/7CH2O3.Na.H/c7*2-1(3)4;;/h7*(H2,2,3,4);;/q;;;;;;;+1;-1. The second-order valence-electron chi connectivity index (χ2n) is 1.98. The van der Waals surface area contributed by atoms with Crippen LogP contribution in [0.15, 0.2) is 0 Å². The summed E-state index contributed by atoms with van der Waals surface area (Å²) in [6.45, 7) is 0. The van der Waals surface area contributed by atoms with Crippen LogP contribution in [0.25, 0.3) is 0 Å². The van der Waals surface area contributed by atoms with Gasteiger partial charge in [0, 0.05) is 0 Å². The number of hydrogen-bond donors (Lipinski definition) is 14. The van der Waals surface area contributed by atoms with E-state index in [9.17, 15) is 0 Å². The summed E-state index contributed by atoms with van der Waals surface area (Å²) in [5.41, 5.74) is 0. The van der Waals surface area contributed by atoms with Gasteiger partial charge in [0.15, 0.2) is 0 Å². The Morgan fingerprint density at radius 2 is 0.276 bits per heavy atom. The van der Waals surface area contributed by atoms with Crippen molar-refractivity contribution in [3.63, 3.8) is 0 Å². The Morgan fingerprint density at radius 1 is 0.276 bits per heavy atom. The first-order valence-corrected chi connectivity index (χ1v) is 4.56. The topological polar surface area (TPSA) is 403 Å². The molecule has 0 fully saturated rings. The summed E-state index contributed by atoms with van der Waals surface area (Å²) in [6, 6.07) is 0. The zero-order valence-corrected chi connectivity index (χ0v) is 15.6. The zero-order valence-electron chi connectivity index (χ0n) is 14.6. The fourth-order valence-electron chi connectivity index (χ4n) is 0. The molecule has 22 heteroatoms. The van der Waals surface area contributed by atoms with Crippen molar-refractivity contribution < 1.29 is 136 Å². The molecule has 0 saturated heterocycles. The van der Waals surface area contributed by atoms with Crippen LogP contribution in [-0.2, 0) is 0 Å². The molecule has 0 unspecified atom stereocenters. The van der Waals surface area contributed by atoms with Crippen LogP contribution in [0.1, 0.15) is 1.43 Å². The molecule has 170 valence electrons. The summed E-state index contributed by atoms with van der Waals surface area (Å²) < 4.78 is 0. The largest absolute Gasteiger partial charge is 1.00 e. The van der Waals surface area contributed by atoms with Crippen molar-refractivity contribution in [2.45, 2.75) is 0 Å². The first-order chi connectivity index (χ1) is 12.1. The smallest absolute Gasteiger partial charge is 1.00 e. The Morgan fingerprint density at radius 3 is 0.276 bits per heavy atom. The summed E-state index contributed by atoms with van der Waals surface area (Å²) in [4.78, 5) is 59.9. The summed E-state index contributed by atoms with van der Waals surface area (Å²) in [6.07, 6.45) is -12.8. The molecule has 29 heavy (non-hydrogen) atoms. The monoisotopic (exact) mass is 458 g/mol.